The molecule has 0 saturated heterocycles. The van der Waals surface area contributed by atoms with Crippen molar-refractivity contribution in [3.8, 4) is 0 Å². The lowest BCUT2D eigenvalue weighted by Gasteiger charge is -2.06. The van der Waals surface area contributed by atoms with Gasteiger partial charge >= 0.3 is 0 Å². The summed E-state index contributed by atoms with van der Waals surface area (Å²) in [6.45, 7) is 1.90. The molecule has 0 aliphatic rings. The Kier molecular flexibility index (Phi) is 4.27. The van der Waals surface area contributed by atoms with E-state index in [0.717, 1.165) is 11.4 Å². The van der Waals surface area contributed by atoms with E-state index in [0.29, 0.717) is 11.4 Å². The number of nitrogens with zero attached hydrogens (tertiary/aromatic N) is 2. The van der Waals surface area contributed by atoms with E-state index in [1.165, 1.54) is 5.56 Å². The zero-order valence-electron chi connectivity index (χ0n) is 11.3. The highest BCUT2D eigenvalue weighted by Gasteiger charge is 2.09. The molecule has 100 valence electrons. The second-order valence-corrected chi connectivity index (χ2v) is 5.24. The van der Waals surface area contributed by atoms with E-state index in [-0.39, 0.29) is 5.91 Å². The van der Waals surface area contributed by atoms with Crippen molar-refractivity contribution in [3.05, 3.63) is 47.2 Å². The van der Waals surface area contributed by atoms with Crippen LogP contribution in [0.15, 0.2) is 30.3 Å². The first kappa shape index (κ1) is 13.7. The second kappa shape index (κ2) is 5.93. The third kappa shape index (κ3) is 3.38. The van der Waals surface area contributed by atoms with Gasteiger partial charge in [-0.3, -0.25) is 9.48 Å². The van der Waals surface area contributed by atoms with Crippen molar-refractivity contribution in [1.29, 1.82) is 0 Å². The number of benzene rings is 1. The number of amides is 1. The van der Waals surface area contributed by atoms with Crippen molar-refractivity contribution in [2.24, 2.45) is 7.05 Å². The first-order valence-electron chi connectivity index (χ1n) is 6.00. The minimum absolute atomic E-state index is 0.112. The maximum absolute atomic E-state index is 12.1. The van der Waals surface area contributed by atoms with Gasteiger partial charge in [0.25, 0.3) is 5.91 Å². The average molecular weight is 275 g/mol. The lowest BCUT2D eigenvalue weighted by molar-refractivity contribution is 0.102. The van der Waals surface area contributed by atoms with Gasteiger partial charge in [-0.15, -0.1) is 0 Å². The quantitative estimate of drug-likeness (QED) is 0.933. The SMILES string of the molecule is CSCc1ccc(C(=O)Nc2cc(C)nn2C)cc1. The van der Waals surface area contributed by atoms with Gasteiger partial charge in [0.1, 0.15) is 5.82 Å². The van der Waals surface area contributed by atoms with E-state index in [1.807, 2.05) is 44.3 Å². The van der Waals surface area contributed by atoms with Crippen LogP contribution in [-0.2, 0) is 12.8 Å². The molecule has 0 aliphatic carbocycles. The molecule has 0 radical (unpaired) electrons. The van der Waals surface area contributed by atoms with Gasteiger partial charge in [0.15, 0.2) is 0 Å². The average Bonchev–Trinajstić information content (AvgIpc) is 2.69. The predicted octanol–water partition coefficient (Wildman–Crippen LogP) is 2.84. The van der Waals surface area contributed by atoms with Gasteiger partial charge in [-0.2, -0.15) is 16.9 Å². The Labute approximate surface area is 117 Å². The molecule has 1 heterocycles. The molecule has 2 aromatic rings. The van der Waals surface area contributed by atoms with E-state index in [1.54, 1.807) is 16.4 Å². The normalized spacial score (nSPS) is 10.5. The number of aryl methyl sites for hydroxylation is 2. The zero-order chi connectivity index (χ0) is 13.8. The number of thioether (sulfide) groups is 1. The highest BCUT2D eigenvalue weighted by molar-refractivity contribution is 7.97. The van der Waals surface area contributed by atoms with Gasteiger partial charge in [-0.25, -0.2) is 0 Å². The molecule has 19 heavy (non-hydrogen) atoms. The van der Waals surface area contributed by atoms with Gasteiger partial charge in [0, 0.05) is 24.4 Å². The predicted molar refractivity (Wildman–Crippen MR) is 79.6 cm³/mol. The summed E-state index contributed by atoms with van der Waals surface area (Å²) in [6.07, 6.45) is 2.06. The molecule has 0 unspecified atom stereocenters. The summed E-state index contributed by atoms with van der Waals surface area (Å²) in [7, 11) is 1.81. The van der Waals surface area contributed by atoms with Crippen molar-refractivity contribution in [2.75, 3.05) is 11.6 Å². The summed E-state index contributed by atoms with van der Waals surface area (Å²) in [6, 6.07) is 9.52. The van der Waals surface area contributed by atoms with Crippen molar-refractivity contribution in [2.45, 2.75) is 12.7 Å². The van der Waals surface area contributed by atoms with Crippen LogP contribution in [0.5, 0.6) is 0 Å². The van der Waals surface area contributed by atoms with E-state index in [2.05, 4.69) is 16.7 Å². The molecule has 0 fully saturated rings. The second-order valence-electron chi connectivity index (χ2n) is 4.38. The van der Waals surface area contributed by atoms with Crippen LogP contribution in [0, 0.1) is 6.92 Å². The third-order valence-electron chi connectivity index (χ3n) is 2.77. The minimum atomic E-state index is -0.112. The van der Waals surface area contributed by atoms with Crippen LogP contribution in [0.3, 0.4) is 0 Å². The van der Waals surface area contributed by atoms with E-state index >= 15 is 0 Å². The maximum Gasteiger partial charge on any atom is 0.256 e. The molecule has 0 bridgehead atoms. The molecule has 0 saturated carbocycles. The van der Waals surface area contributed by atoms with Crippen molar-refractivity contribution < 1.29 is 4.79 Å². The van der Waals surface area contributed by atoms with Gasteiger partial charge < -0.3 is 5.32 Å². The van der Waals surface area contributed by atoms with Crippen LogP contribution in [0.1, 0.15) is 21.6 Å². The van der Waals surface area contributed by atoms with E-state index in [9.17, 15) is 4.79 Å². The Morgan fingerprint density at radius 2 is 2.05 bits per heavy atom. The maximum atomic E-state index is 12.1. The lowest BCUT2D eigenvalue weighted by atomic mass is 10.1. The van der Waals surface area contributed by atoms with Crippen molar-refractivity contribution in [3.63, 3.8) is 0 Å². The largest absolute Gasteiger partial charge is 0.307 e. The van der Waals surface area contributed by atoms with Gasteiger partial charge in [0.2, 0.25) is 0 Å². The Hall–Kier alpha value is -1.75. The van der Waals surface area contributed by atoms with Crippen molar-refractivity contribution >= 4 is 23.5 Å². The van der Waals surface area contributed by atoms with Crippen molar-refractivity contribution in [1.82, 2.24) is 9.78 Å². The fraction of sp³-hybridized carbons (Fsp3) is 0.286. The monoisotopic (exact) mass is 275 g/mol. The molecule has 1 aromatic heterocycles. The highest BCUT2D eigenvalue weighted by atomic mass is 32.2. The molecule has 5 heteroatoms. The fourth-order valence-electron chi connectivity index (χ4n) is 1.84. The first-order valence-corrected chi connectivity index (χ1v) is 7.39. The molecule has 2 rings (SSSR count). The highest BCUT2D eigenvalue weighted by Crippen LogP contribution is 2.13. The Morgan fingerprint density at radius 3 is 2.58 bits per heavy atom. The first-order chi connectivity index (χ1) is 9.10. The Bertz CT molecular complexity index is 575. The molecular formula is C14H17N3OS. The number of hydrogen-bond donors (Lipinski definition) is 1. The van der Waals surface area contributed by atoms with Crippen LogP contribution in [0.25, 0.3) is 0 Å². The number of carbonyl (C=O) groups excluding carboxylic acids is 1. The van der Waals surface area contributed by atoms with Gasteiger partial charge in [0.05, 0.1) is 5.69 Å². The Morgan fingerprint density at radius 1 is 1.37 bits per heavy atom. The van der Waals surface area contributed by atoms with Crippen LogP contribution in [0.2, 0.25) is 0 Å². The Balaban J connectivity index is 2.09. The summed E-state index contributed by atoms with van der Waals surface area (Å²) in [5, 5.41) is 7.05. The summed E-state index contributed by atoms with van der Waals surface area (Å²) in [5.41, 5.74) is 2.76. The zero-order valence-corrected chi connectivity index (χ0v) is 12.1. The van der Waals surface area contributed by atoms with Crippen LogP contribution >= 0.6 is 11.8 Å². The molecule has 4 nitrogen and oxygen atoms in total. The molecule has 0 aliphatic heterocycles. The number of nitrogens with one attached hydrogen (secondary N) is 1. The standard InChI is InChI=1S/C14H17N3OS/c1-10-8-13(17(2)16-10)15-14(18)12-6-4-11(5-7-12)9-19-3/h4-8H,9H2,1-3H3,(H,15,18). The lowest BCUT2D eigenvalue weighted by Crippen LogP contribution is -2.14. The summed E-state index contributed by atoms with van der Waals surface area (Å²) in [5.74, 6) is 1.55. The third-order valence-corrected chi connectivity index (χ3v) is 3.39. The molecule has 1 aromatic carbocycles. The number of rotatable bonds is 4. The van der Waals surface area contributed by atoms with Crippen LogP contribution in [-0.4, -0.2) is 21.9 Å². The van der Waals surface area contributed by atoms with Gasteiger partial charge in [-0.1, -0.05) is 12.1 Å². The molecule has 0 atom stereocenters. The number of aromatic nitrogens is 2. The topological polar surface area (TPSA) is 46.9 Å². The number of hydrogen-bond acceptors (Lipinski definition) is 3. The molecule has 0 spiro atoms. The van der Waals surface area contributed by atoms with E-state index in [4.69, 9.17) is 0 Å². The summed E-state index contributed by atoms with van der Waals surface area (Å²) < 4.78 is 1.66. The number of anilines is 1. The summed E-state index contributed by atoms with van der Waals surface area (Å²) >= 11 is 1.76. The van der Waals surface area contributed by atoms with E-state index < -0.39 is 0 Å². The smallest absolute Gasteiger partial charge is 0.256 e. The van der Waals surface area contributed by atoms with Gasteiger partial charge in [-0.05, 0) is 30.9 Å². The van der Waals surface area contributed by atoms with Crippen LogP contribution < -0.4 is 5.32 Å². The summed E-state index contributed by atoms with van der Waals surface area (Å²) in [4.78, 5) is 12.1. The number of carbonyl (C=O) groups is 1. The molecule has 1 amide bonds. The van der Waals surface area contributed by atoms with Crippen LogP contribution in [0.4, 0.5) is 5.82 Å². The molecule has 1 N–H and O–H groups in total. The molecular weight excluding hydrogens is 258 g/mol. The minimum Gasteiger partial charge on any atom is -0.307 e. The fourth-order valence-corrected chi connectivity index (χ4v) is 2.36.